The normalized spacial score (nSPS) is 15.3. The smallest absolute Gasteiger partial charge is 0.261 e. The highest BCUT2D eigenvalue weighted by Crippen LogP contribution is 2.19. The molecule has 0 bridgehead atoms. The largest absolute Gasteiger partial charge is 0.504 e. The second kappa shape index (κ2) is 5.30. The van der Waals surface area contributed by atoms with Crippen LogP contribution in [-0.4, -0.2) is 34.1 Å². The van der Waals surface area contributed by atoms with Gasteiger partial charge in [0.15, 0.2) is 11.5 Å². The molecule has 0 saturated carbocycles. The first-order valence-electron chi connectivity index (χ1n) is 6.37. The van der Waals surface area contributed by atoms with Crippen molar-refractivity contribution in [3.63, 3.8) is 0 Å². The van der Waals surface area contributed by atoms with E-state index in [1.54, 1.807) is 11.8 Å². The number of aromatic hydroxyl groups is 2. The summed E-state index contributed by atoms with van der Waals surface area (Å²) in [6, 6.07) is 2.37. The fraction of sp³-hybridized carbons (Fsp3) is 0.429. The predicted molar refractivity (Wildman–Crippen MR) is 70.5 cm³/mol. The summed E-state index contributed by atoms with van der Waals surface area (Å²) in [5, 5.41) is 19.0. The molecule has 5 nitrogen and oxygen atoms in total. The fourth-order valence-corrected chi connectivity index (χ4v) is 2.29. The molecule has 0 atom stereocenters. The van der Waals surface area contributed by atoms with E-state index in [-0.39, 0.29) is 11.5 Å². The summed E-state index contributed by atoms with van der Waals surface area (Å²) in [4.78, 5) is 25.5. The number of rotatable bonds is 1. The highest BCUT2D eigenvalue weighted by atomic mass is 16.3. The predicted octanol–water partition coefficient (Wildman–Crippen LogP) is 1.39. The van der Waals surface area contributed by atoms with Gasteiger partial charge in [-0.05, 0) is 43.9 Å². The monoisotopic (exact) mass is 263 g/mol. The Kier molecular flexibility index (Phi) is 3.74. The number of nitrogens with zero attached hydrogens (tertiary/aromatic N) is 1. The van der Waals surface area contributed by atoms with E-state index in [1.165, 1.54) is 6.07 Å². The van der Waals surface area contributed by atoms with Crippen LogP contribution in [-0.2, 0) is 0 Å². The minimum absolute atomic E-state index is 0.206. The summed E-state index contributed by atoms with van der Waals surface area (Å²) in [7, 11) is 0. The molecule has 0 radical (unpaired) electrons. The van der Waals surface area contributed by atoms with Crippen molar-refractivity contribution in [3.8, 4) is 11.5 Å². The second-order valence-electron chi connectivity index (χ2n) is 4.84. The molecule has 1 aliphatic rings. The Morgan fingerprint density at radius 1 is 1.11 bits per heavy atom. The van der Waals surface area contributed by atoms with Gasteiger partial charge in [-0.3, -0.25) is 9.59 Å². The summed E-state index contributed by atoms with van der Waals surface area (Å²) >= 11 is 0. The third-order valence-electron chi connectivity index (χ3n) is 3.40. The van der Waals surface area contributed by atoms with E-state index in [4.69, 9.17) is 0 Å². The van der Waals surface area contributed by atoms with Gasteiger partial charge in [-0.25, -0.2) is 0 Å². The molecule has 0 aliphatic carbocycles. The third kappa shape index (κ3) is 2.70. The summed E-state index contributed by atoms with van der Waals surface area (Å²) in [5.41, 5.74) is -0.122. The number of amides is 1. The third-order valence-corrected chi connectivity index (χ3v) is 3.40. The van der Waals surface area contributed by atoms with Crippen molar-refractivity contribution in [2.75, 3.05) is 13.1 Å². The van der Waals surface area contributed by atoms with Crippen molar-refractivity contribution >= 4 is 5.91 Å². The maximum atomic E-state index is 12.4. The molecule has 0 spiro atoms. The minimum Gasteiger partial charge on any atom is -0.504 e. The van der Waals surface area contributed by atoms with Crippen LogP contribution in [0.25, 0.3) is 0 Å². The van der Waals surface area contributed by atoms with E-state index in [0.717, 1.165) is 25.3 Å². The lowest BCUT2D eigenvalue weighted by molar-refractivity contribution is 0.0723. The molecule has 1 amide bonds. The van der Waals surface area contributed by atoms with Gasteiger partial charge >= 0.3 is 0 Å². The minimum atomic E-state index is -0.860. The van der Waals surface area contributed by atoms with Crippen molar-refractivity contribution in [2.24, 2.45) is 0 Å². The zero-order valence-electron chi connectivity index (χ0n) is 10.8. The summed E-state index contributed by atoms with van der Waals surface area (Å²) in [6.45, 7) is 3.01. The Morgan fingerprint density at radius 2 is 1.68 bits per heavy atom. The van der Waals surface area contributed by atoms with E-state index in [9.17, 15) is 19.8 Å². The van der Waals surface area contributed by atoms with E-state index >= 15 is 0 Å². The van der Waals surface area contributed by atoms with Gasteiger partial charge in [0.2, 0.25) is 0 Å². The van der Waals surface area contributed by atoms with Gasteiger partial charge in [0.25, 0.3) is 11.3 Å². The van der Waals surface area contributed by atoms with E-state index in [2.05, 4.69) is 0 Å². The van der Waals surface area contributed by atoms with Gasteiger partial charge in [-0.15, -0.1) is 0 Å². The SMILES string of the molecule is Cc1cc(O)c(=O)c(O)cc1C(=O)N1CCCCC1. The average molecular weight is 263 g/mol. The van der Waals surface area contributed by atoms with Crippen molar-refractivity contribution in [2.45, 2.75) is 26.2 Å². The average Bonchev–Trinajstić information content (AvgIpc) is 2.51. The van der Waals surface area contributed by atoms with Crippen LogP contribution in [0.15, 0.2) is 16.9 Å². The van der Waals surface area contributed by atoms with Crippen LogP contribution in [0.5, 0.6) is 11.5 Å². The van der Waals surface area contributed by atoms with E-state index in [1.807, 2.05) is 0 Å². The van der Waals surface area contributed by atoms with Crippen molar-refractivity contribution < 1.29 is 15.0 Å². The number of carbonyl (C=O) groups is 1. The topological polar surface area (TPSA) is 77.8 Å². The van der Waals surface area contributed by atoms with Crippen molar-refractivity contribution in [1.82, 2.24) is 4.90 Å². The van der Waals surface area contributed by atoms with Gasteiger partial charge in [0.1, 0.15) is 0 Å². The highest BCUT2D eigenvalue weighted by molar-refractivity contribution is 5.96. The molecule has 1 aliphatic heterocycles. The lowest BCUT2D eigenvalue weighted by Gasteiger charge is -2.27. The molecule has 19 heavy (non-hydrogen) atoms. The van der Waals surface area contributed by atoms with E-state index in [0.29, 0.717) is 18.7 Å². The van der Waals surface area contributed by atoms with Crippen LogP contribution < -0.4 is 5.43 Å². The van der Waals surface area contributed by atoms with Gasteiger partial charge in [-0.1, -0.05) is 0 Å². The maximum Gasteiger partial charge on any atom is 0.261 e. The van der Waals surface area contributed by atoms with E-state index < -0.39 is 16.9 Å². The van der Waals surface area contributed by atoms with Gasteiger partial charge in [0, 0.05) is 18.7 Å². The molecule has 1 aromatic carbocycles. The molecule has 5 heteroatoms. The molecule has 1 saturated heterocycles. The van der Waals surface area contributed by atoms with Crippen LogP contribution in [0.1, 0.15) is 35.2 Å². The molecular formula is C14H17NO4. The second-order valence-corrected chi connectivity index (χ2v) is 4.84. The zero-order chi connectivity index (χ0) is 14.0. The summed E-state index contributed by atoms with van der Waals surface area (Å²) in [6.07, 6.45) is 3.05. The lowest BCUT2D eigenvalue weighted by atomic mass is 10.1. The quantitative estimate of drug-likeness (QED) is 0.802. The molecule has 102 valence electrons. The zero-order valence-corrected chi connectivity index (χ0v) is 10.8. The number of aryl methyl sites for hydroxylation is 1. The Morgan fingerprint density at radius 3 is 2.32 bits per heavy atom. The molecular weight excluding hydrogens is 246 g/mol. The van der Waals surface area contributed by atoms with Crippen LogP contribution in [0.3, 0.4) is 0 Å². The first kappa shape index (κ1) is 13.4. The molecule has 2 N–H and O–H groups in total. The van der Waals surface area contributed by atoms with Crippen LogP contribution >= 0.6 is 0 Å². The number of carbonyl (C=O) groups excluding carboxylic acids is 1. The summed E-state index contributed by atoms with van der Waals surface area (Å²) < 4.78 is 0. The fourth-order valence-electron chi connectivity index (χ4n) is 2.29. The molecule has 0 aromatic heterocycles. The first-order chi connectivity index (χ1) is 9.00. The van der Waals surface area contributed by atoms with Gasteiger partial charge in [-0.2, -0.15) is 0 Å². The Bertz CT molecular complexity index is 562. The highest BCUT2D eigenvalue weighted by Gasteiger charge is 2.20. The molecule has 1 heterocycles. The lowest BCUT2D eigenvalue weighted by Crippen LogP contribution is -2.35. The number of hydrogen-bond donors (Lipinski definition) is 2. The first-order valence-corrected chi connectivity index (χ1v) is 6.37. The van der Waals surface area contributed by atoms with Gasteiger partial charge < -0.3 is 15.1 Å². The van der Waals surface area contributed by atoms with Crippen LogP contribution in [0.2, 0.25) is 0 Å². The van der Waals surface area contributed by atoms with Crippen LogP contribution in [0.4, 0.5) is 0 Å². The maximum absolute atomic E-state index is 12.4. The molecule has 0 unspecified atom stereocenters. The van der Waals surface area contributed by atoms with Gasteiger partial charge in [0.05, 0.1) is 0 Å². The number of hydrogen-bond acceptors (Lipinski definition) is 4. The Balaban J connectivity index is 2.45. The van der Waals surface area contributed by atoms with Crippen molar-refractivity contribution in [3.05, 3.63) is 33.5 Å². The van der Waals surface area contributed by atoms with Crippen LogP contribution in [0, 0.1) is 6.92 Å². The summed E-state index contributed by atoms with van der Waals surface area (Å²) in [5.74, 6) is -1.36. The molecule has 2 rings (SSSR count). The standard InChI is InChI=1S/C14H17NO4/c1-9-7-11(16)13(18)12(17)8-10(9)14(19)15-5-3-2-4-6-15/h7-8H,2-6H2,1H3,(H2,16,17,18). The van der Waals surface area contributed by atoms with Crippen molar-refractivity contribution in [1.29, 1.82) is 0 Å². The Labute approximate surface area is 111 Å². The Hall–Kier alpha value is -2.04. The number of piperidine rings is 1. The number of likely N-dealkylation sites (tertiary alicyclic amines) is 1. The molecule has 1 aromatic rings. The molecule has 1 fully saturated rings.